The van der Waals surface area contributed by atoms with Crippen LogP contribution < -0.4 is 11.1 Å². The first-order valence-corrected chi connectivity index (χ1v) is 11.2. The van der Waals surface area contributed by atoms with Gasteiger partial charge in [0.2, 0.25) is 11.8 Å². The first-order valence-electron chi connectivity index (χ1n) is 11.2. The van der Waals surface area contributed by atoms with E-state index in [1.165, 1.54) is 32.1 Å². The van der Waals surface area contributed by atoms with Crippen LogP contribution in [0.3, 0.4) is 0 Å². The Hall–Kier alpha value is -2.39. The van der Waals surface area contributed by atoms with E-state index < -0.39 is 11.0 Å². The van der Waals surface area contributed by atoms with E-state index in [0.29, 0.717) is 38.4 Å². The standard InChI is InChI=1S/C24H34N4O2/c1-23(22(26)30,20-10-6-3-7-11-20)17-28-15-14-24(16-25,18-28)27-21(29)13-12-19-8-4-2-5-9-19/h3,6-7,10-11,19H,2,4-5,8-9,12-15,17-18H2,1H3,(H2,26,30)(H,27,29). The van der Waals surface area contributed by atoms with Crippen LogP contribution in [0.1, 0.15) is 63.9 Å². The molecule has 2 aliphatic rings. The van der Waals surface area contributed by atoms with E-state index in [9.17, 15) is 14.9 Å². The van der Waals surface area contributed by atoms with Crippen LogP contribution in [0.2, 0.25) is 0 Å². The molecule has 0 radical (unpaired) electrons. The number of rotatable bonds is 8. The average Bonchev–Trinajstić information content (AvgIpc) is 3.16. The van der Waals surface area contributed by atoms with Crippen molar-refractivity contribution in [2.24, 2.45) is 11.7 Å². The Morgan fingerprint density at radius 1 is 1.27 bits per heavy atom. The predicted octanol–water partition coefficient (Wildman–Crippen LogP) is 2.87. The summed E-state index contributed by atoms with van der Waals surface area (Å²) in [4.78, 5) is 27.0. The third-order valence-electron chi connectivity index (χ3n) is 6.94. The van der Waals surface area contributed by atoms with Crippen LogP contribution >= 0.6 is 0 Å². The van der Waals surface area contributed by atoms with Crippen molar-refractivity contribution in [1.29, 1.82) is 5.26 Å². The van der Waals surface area contributed by atoms with Gasteiger partial charge in [-0.1, -0.05) is 62.4 Å². The fourth-order valence-corrected chi connectivity index (χ4v) is 4.95. The SMILES string of the molecule is CC(CN1CCC(C#N)(NC(=O)CCC2CCCCC2)C1)(C(N)=O)c1ccccc1. The largest absolute Gasteiger partial charge is 0.369 e. The molecular weight excluding hydrogens is 376 g/mol. The zero-order valence-corrected chi connectivity index (χ0v) is 18.0. The van der Waals surface area contributed by atoms with Crippen molar-refractivity contribution in [3.63, 3.8) is 0 Å². The monoisotopic (exact) mass is 410 g/mol. The number of carbonyl (C=O) groups is 2. The summed E-state index contributed by atoms with van der Waals surface area (Å²) in [5.41, 5.74) is 4.90. The molecule has 1 aromatic rings. The van der Waals surface area contributed by atoms with Crippen molar-refractivity contribution >= 4 is 11.8 Å². The maximum absolute atomic E-state index is 12.6. The Bertz CT molecular complexity index is 784. The molecule has 1 aromatic carbocycles. The summed E-state index contributed by atoms with van der Waals surface area (Å²) in [7, 11) is 0. The topological polar surface area (TPSA) is 99.2 Å². The minimum atomic E-state index is -0.890. The Labute approximate surface area is 179 Å². The second-order valence-electron chi connectivity index (χ2n) is 9.31. The average molecular weight is 411 g/mol. The second kappa shape index (κ2) is 9.61. The highest BCUT2D eigenvalue weighted by molar-refractivity contribution is 5.86. The molecule has 0 spiro atoms. The zero-order valence-electron chi connectivity index (χ0n) is 18.0. The Balaban J connectivity index is 1.59. The van der Waals surface area contributed by atoms with Crippen LogP contribution in [-0.4, -0.2) is 41.9 Å². The molecule has 2 amide bonds. The van der Waals surface area contributed by atoms with Crippen LogP contribution in [0.4, 0.5) is 0 Å². The van der Waals surface area contributed by atoms with E-state index in [2.05, 4.69) is 16.3 Å². The number of likely N-dealkylation sites (tertiary alicyclic amines) is 1. The number of carbonyl (C=O) groups excluding carboxylic acids is 2. The molecule has 0 bridgehead atoms. The van der Waals surface area contributed by atoms with E-state index in [1.54, 1.807) is 0 Å². The van der Waals surface area contributed by atoms with E-state index in [4.69, 9.17) is 5.73 Å². The van der Waals surface area contributed by atoms with Crippen LogP contribution in [-0.2, 0) is 15.0 Å². The van der Waals surface area contributed by atoms with Gasteiger partial charge in [-0.3, -0.25) is 14.5 Å². The number of hydrogen-bond acceptors (Lipinski definition) is 4. The number of nitrogens with one attached hydrogen (secondary N) is 1. The molecule has 2 unspecified atom stereocenters. The smallest absolute Gasteiger partial charge is 0.229 e. The van der Waals surface area contributed by atoms with Gasteiger partial charge in [-0.05, 0) is 31.2 Å². The van der Waals surface area contributed by atoms with Gasteiger partial charge < -0.3 is 11.1 Å². The van der Waals surface area contributed by atoms with Gasteiger partial charge >= 0.3 is 0 Å². The Morgan fingerprint density at radius 3 is 2.60 bits per heavy atom. The van der Waals surface area contributed by atoms with E-state index in [0.717, 1.165) is 12.0 Å². The maximum Gasteiger partial charge on any atom is 0.229 e. The molecular formula is C24H34N4O2. The van der Waals surface area contributed by atoms with Gasteiger partial charge in [0.15, 0.2) is 0 Å². The minimum Gasteiger partial charge on any atom is -0.369 e. The number of benzene rings is 1. The summed E-state index contributed by atoms with van der Waals surface area (Å²) in [6.07, 6.45) is 8.23. The van der Waals surface area contributed by atoms with E-state index >= 15 is 0 Å². The molecule has 3 rings (SSSR count). The lowest BCUT2D eigenvalue weighted by molar-refractivity contribution is -0.124. The number of nitrogens with zero attached hydrogens (tertiary/aromatic N) is 2. The lowest BCUT2D eigenvalue weighted by Gasteiger charge is -2.32. The van der Waals surface area contributed by atoms with Crippen molar-refractivity contribution in [1.82, 2.24) is 10.2 Å². The molecule has 1 heterocycles. The molecule has 0 aromatic heterocycles. The molecule has 1 saturated carbocycles. The summed E-state index contributed by atoms with van der Waals surface area (Å²) >= 11 is 0. The van der Waals surface area contributed by atoms with Gasteiger partial charge in [-0.25, -0.2) is 0 Å². The fourth-order valence-electron chi connectivity index (χ4n) is 4.95. The Morgan fingerprint density at radius 2 is 1.97 bits per heavy atom. The highest BCUT2D eigenvalue weighted by atomic mass is 16.2. The van der Waals surface area contributed by atoms with Gasteiger partial charge in [0, 0.05) is 26.1 Å². The number of nitrogens with two attached hydrogens (primary N) is 1. The van der Waals surface area contributed by atoms with Crippen LogP contribution in [0.25, 0.3) is 0 Å². The van der Waals surface area contributed by atoms with Crippen molar-refractivity contribution in [2.45, 2.75) is 69.2 Å². The first-order chi connectivity index (χ1) is 14.4. The number of amides is 2. The van der Waals surface area contributed by atoms with E-state index in [-0.39, 0.29) is 11.8 Å². The maximum atomic E-state index is 12.6. The van der Waals surface area contributed by atoms with Crippen molar-refractivity contribution in [3.05, 3.63) is 35.9 Å². The molecule has 1 aliphatic heterocycles. The molecule has 6 nitrogen and oxygen atoms in total. The van der Waals surface area contributed by atoms with Gasteiger partial charge in [0.05, 0.1) is 11.5 Å². The van der Waals surface area contributed by atoms with Gasteiger partial charge in [-0.15, -0.1) is 0 Å². The fraction of sp³-hybridized carbons (Fsp3) is 0.625. The molecule has 6 heteroatoms. The lowest BCUT2D eigenvalue weighted by atomic mass is 9.81. The summed E-state index contributed by atoms with van der Waals surface area (Å²) in [6.45, 7) is 3.33. The molecule has 30 heavy (non-hydrogen) atoms. The molecule has 3 N–H and O–H groups in total. The van der Waals surface area contributed by atoms with Crippen molar-refractivity contribution in [2.75, 3.05) is 19.6 Å². The van der Waals surface area contributed by atoms with E-state index in [1.807, 2.05) is 37.3 Å². The summed E-state index contributed by atoms with van der Waals surface area (Å²) in [5, 5.41) is 12.9. The highest BCUT2D eigenvalue weighted by Gasteiger charge is 2.43. The Kier molecular flexibility index (Phi) is 7.14. The molecule has 2 fully saturated rings. The molecule has 162 valence electrons. The third-order valence-corrected chi connectivity index (χ3v) is 6.94. The van der Waals surface area contributed by atoms with Crippen molar-refractivity contribution in [3.8, 4) is 6.07 Å². The summed E-state index contributed by atoms with van der Waals surface area (Å²) < 4.78 is 0. The third kappa shape index (κ3) is 5.20. The summed E-state index contributed by atoms with van der Waals surface area (Å²) in [5.74, 6) is 0.217. The first kappa shape index (κ1) is 22.3. The zero-order chi connectivity index (χ0) is 21.6. The molecule has 2 atom stereocenters. The van der Waals surface area contributed by atoms with Crippen molar-refractivity contribution < 1.29 is 9.59 Å². The van der Waals surface area contributed by atoms with Gasteiger partial charge in [0.1, 0.15) is 5.54 Å². The van der Waals surface area contributed by atoms with Gasteiger partial charge in [-0.2, -0.15) is 5.26 Å². The predicted molar refractivity (Wildman–Crippen MR) is 116 cm³/mol. The van der Waals surface area contributed by atoms with Crippen LogP contribution in [0.15, 0.2) is 30.3 Å². The highest BCUT2D eigenvalue weighted by Crippen LogP contribution is 2.30. The van der Waals surface area contributed by atoms with Crippen LogP contribution in [0, 0.1) is 17.2 Å². The summed E-state index contributed by atoms with van der Waals surface area (Å²) in [6, 6.07) is 11.9. The lowest BCUT2D eigenvalue weighted by Crippen LogP contribution is -2.52. The second-order valence-corrected chi connectivity index (χ2v) is 9.31. The normalized spacial score (nSPS) is 24.7. The molecule has 1 saturated heterocycles. The van der Waals surface area contributed by atoms with Crippen LogP contribution in [0.5, 0.6) is 0 Å². The molecule has 1 aliphatic carbocycles. The quantitative estimate of drug-likeness (QED) is 0.688. The number of hydrogen-bond donors (Lipinski definition) is 2. The number of nitriles is 1. The van der Waals surface area contributed by atoms with Gasteiger partial charge in [0.25, 0.3) is 0 Å². The number of primary amides is 1. The minimum absolute atomic E-state index is 0.0373.